The van der Waals surface area contributed by atoms with Gasteiger partial charge in [-0.05, 0) is 45.9 Å². The summed E-state index contributed by atoms with van der Waals surface area (Å²) in [6, 6.07) is 5.03. The molecule has 0 unspecified atom stereocenters. The Balaban J connectivity index is 2.57. The Kier molecular flexibility index (Phi) is 6.49. The molecule has 0 aliphatic carbocycles. The Hall–Kier alpha value is -1.07. The van der Waals surface area contributed by atoms with Crippen LogP contribution in [0.5, 0.6) is 0 Å². The molecule has 5 heteroatoms. The molecule has 0 aliphatic heterocycles. The van der Waals surface area contributed by atoms with Gasteiger partial charge in [-0.1, -0.05) is 0 Å². The van der Waals surface area contributed by atoms with Gasteiger partial charge in [0.05, 0.1) is 5.56 Å². The molecule has 1 rings (SSSR count). The third-order valence-electron chi connectivity index (χ3n) is 3.18. The van der Waals surface area contributed by atoms with Gasteiger partial charge in [-0.3, -0.25) is 9.69 Å². The number of carbonyl (C=O) groups is 1. The van der Waals surface area contributed by atoms with Crippen LogP contribution in [0.3, 0.4) is 0 Å². The molecule has 0 aromatic heterocycles. The number of nitrogens with one attached hydrogen (secondary N) is 1. The summed E-state index contributed by atoms with van der Waals surface area (Å²) in [6.45, 7) is 9.70. The lowest BCUT2D eigenvalue weighted by Gasteiger charge is -2.30. The number of nitrogens with zero attached hydrogens (tertiary/aromatic N) is 1. The minimum absolute atomic E-state index is 0.0399. The summed E-state index contributed by atoms with van der Waals surface area (Å²) >= 11 is 4.12. The van der Waals surface area contributed by atoms with Gasteiger partial charge in [0.25, 0.3) is 5.91 Å². The highest BCUT2D eigenvalue weighted by Gasteiger charge is 2.15. The summed E-state index contributed by atoms with van der Waals surface area (Å²) in [6.07, 6.45) is 0. The van der Waals surface area contributed by atoms with Crippen LogP contribution < -0.4 is 5.32 Å². The van der Waals surface area contributed by atoms with Gasteiger partial charge in [0.15, 0.2) is 0 Å². The SMILES string of the molecule is CC(C)N(CCNC(=O)c1cc(S)ccc1F)C(C)C. The molecule has 0 atom stereocenters. The fourth-order valence-corrected chi connectivity index (χ4v) is 2.40. The smallest absolute Gasteiger partial charge is 0.254 e. The number of thiol groups is 1. The maximum atomic E-state index is 13.6. The van der Waals surface area contributed by atoms with E-state index in [-0.39, 0.29) is 5.56 Å². The topological polar surface area (TPSA) is 32.3 Å². The molecule has 20 heavy (non-hydrogen) atoms. The average Bonchev–Trinajstić information content (AvgIpc) is 2.36. The molecule has 0 aliphatic rings. The van der Waals surface area contributed by atoms with Crippen molar-refractivity contribution in [2.45, 2.75) is 44.7 Å². The molecule has 0 fully saturated rings. The zero-order valence-corrected chi connectivity index (χ0v) is 13.4. The van der Waals surface area contributed by atoms with E-state index in [1.165, 1.54) is 18.2 Å². The van der Waals surface area contributed by atoms with Crippen molar-refractivity contribution in [2.75, 3.05) is 13.1 Å². The van der Waals surface area contributed by atoms with E-state index in [1.807, 2.05) is 0 Å². The predicted octanol–water partition coefficient (Wildman–Crippen LogP) is 2.96. The van der Waals surface area contributed by atoms with Gasteiger partial charge in [0.2, 0.25) is 0 Å². The highest BCUT2D eigenvalue weighted by atomic mass is 32.1. The summed E-state index contributed by atoms with van der Waals surface area (Å²) in [7, 11) is 0. The number of hydrogen-bond donors (Lipinski definition) is 2. The number of amides is 1. The Labute approximate surface area is 126 Å². The quantitative estimate of drug-likeness (QED) is 0.791. The summed E-state index contributed by atoms with van der Waals surface area (Å²) in [4.78, 5) is 14.8. The fourth-order valence-electron chi connectivity index (χ4n) is 2.19. The van der Waals surface area contributed by atoms with E-state index in [0.29, 0.717) is 23.5 Å². The van der Waals surface area contributed by atoms with E-state index in [4.69, 9.17) is 0 Å². The van der Waals surface area contributed by atoms with E-state index in [0.717, 1.165) is 6.54 Å². The van der Waals surface area contributed by atoms with Crippen LogP contribution in [0.1, 0.15) is 38.1 Å². The molecule has 1 amide bonds. The highest BCUT2D eigenvalue weighted by molar-refractivity contribution is 7.80. The van der Waals surface area contributed by atoms with Gasteiger partial charge < -0.3 is 5.32 Å². The molecular formula is C15H23FN2OS. The second kappa shape index (κ2) is 7.64. The van der Waals surface area contributed by atoms with Crippen molar-refractivity contribution < 1.29 is 9.18 Å². The van der Waals surface area contributed by atoms with E-state index in [2.05, 4.69) is 50.5 Å². The summed E-state index contributed by atoms with van der Waals surface area (Å²) in [5, 5.41) is 2.75. The second-order valence-corrected chi connectivity index (χ2v) is 5.86. The zero-order chi connectivity index (χ0) is 15.3. The van der Waals surface area contributed by atoms with Gasteiger partial charge in [0.1, 0.15) is 5.82 Å². The fraction of sp³-hybridized carbons (Fsp3) is 0.533. The molecule has 0 radical (unpaired) electrons. The van der Waals surface area contributed by atoms with E-state index < -0.39 is 11.7 Å². The first kappa shape index (κ1) is 17.0. The number of carbonyl (C=O) groups excluding carboxylic acids is 1. The lowest BCUT2D eigenvalue weighted by Crippen LogP contribution is -2.42. The second-order valence-electron chi connectivity index (χ2n) is 5.35. The number of hydrogen-bond acceptors (Lipinski definition) is 3. The first-order chi connectivity index (χ1) is 9.32. The lowest BCUT2D eigenvalue weighted by atomic mass is 10.2. The lowest BCUT2D eigenvalue weighted by molar-refractivity contribution is 0.0935. The largest absolute Gasteiger partial charge is 0.351 e. The number of benzene rings is 1. The van der Waals surface area contributed by atoms with Gasteiger partial charge in [-0.2, -0.15) is 0 Å². The monoisotopic (exact) mass is 298 g/mol. The first-order valence-corrected chi connectivity index (χ1v) is 7.30. The van der Waals surface area contributed by atoms with Gasteiger partial charge in [-0.25, -0.2) is 4.39 Å². The molecule has 1 aromatic rings. The van der Waals surface area contributed by atoms with Crippen LogP contribution in [-0.2, 0) is 0 Å². The Bertz CT molecular complexity index is 455. The summed E-state index contributed by atoms with van der Waals surface area (Å²) < 4.78 is 13.6. The van der Waals surface area contributed by atoms with Crippen LogP contribution in [0.4, 0.5) is 4.39 Å². The summed E-state index contributed by atoms with van der Waals surface area (Å²) in [5.41, 5.74) is 0.0399. The first-order valence-electron chi connectivity index (χ1n) is 6.85. The van der Waals surface area contributed by atoms with Crippen molar-refractivity contribution in [1.29, 1.82) is 0 Å². The Morgan fingerprint density at radius 1 is 1.30 bits per heavy atom. The molecule has 112 valence electrons. The maximum absolute atomic E-state index is 13.6. The van der Waals surface area contributed by atoms with Crippen LogP contribution in [0, 0.1) is 5.82 Å². The number of rotatable bonds is 6. The molecule has 0 bridgehead atoms. The van der Waals surface area contributed by atoms with Crippen molar-refractivity contribution in [1.82, 2.24) is 10.2 Å². The predicted molar refractivity (Wildman–Crippen MR) is 83.0 cm³/mol. The van der Waals surface area contributed by atoms with Crippen LogP contribution in [0.2, 0.25) is 0 Å². The molecule has 0 heterocycles. The Morgan fingerprint density at radius 2 is 1.90 bits per heavy atom. The van der Waals surface area contributed by atoms with Crippen molar-refractivity contribution in [3.63, 3.8) is 0 Å². The minimum atomic E-state index is -0.523. The number of halogens is 1. The normalized spacial score (nSPS) is 11.4. The molecule has 3 nitrogen and oxygen atoms in total. The average molecular weight is 298 g/mol. The van der Waals surface area contributed by atoms with Crippen LogP contribution in [0.25, 0.3) is 0 Å². The van der Waals surface area contributed by atoms with E-state index in [9.17, 15) is 9.18 Å². The van der Waals surface area contributed by atoms with Crippen molar-refractivity contribution in [3.05, 3.63) is 29.6 Å². The third kappa shape index (κ3) is 4.80. The van der Waals surface area contributed by atoms with Crippen LogP contribution in [0.15, 0.2) is 23.1 Å². The molecular weight excluding hydrogens is 275 g/mol. The van der Waals surface area contributed by atoms with Crippen LogP contribution in [-0.4, -0.2) is 36.0 Å². The van der Waals surface area contributed by atoms with Gasteiger partial charge >= 0.3 is 0 Å². The van der Waals surface area contributed by atoms with Crippen molar-refractivity contribution in [3.8, 4) is 0 Å². The van der Waals surface area contributed by atoms with Crippen molar-refractivity contribution >= 4 is 18.5 Å². The van der Waals surface area contributed by atoms with E-state index >= 15 is 0 Å². The molecule has 0 spiro atoms. The van der Waals surface area contributed by atoms with E-state index in [1.54, 1.807) is 0 Å². The van der Waals surface area contributed by atoms with Crippen LogP contribution >= 0.6 is 12.6 Å². The summed E-state index contributed by atoms with van der Waals surface area (Å²) in [5.74, 6) is -0.921. The zero-order valence-electron chi connectivity index (χ0n) is 12.5. The molecule has 0 saturated heterocycles. The minimum Gasteiger partial charge on any atom is -0.351 e. The standard InChI is InChI=1S/C15H23FN2OS/c1-10(2)18(11(3)4)8-7-17-15(19)13-9-12(20)5-6-14(13)16/h5-6,9-11,20H,7-8H2,1-4H3,(H,17,19). The molecule has 0 saturated carbocycles. The highest BCUT2D eigenvalue weighted by Crippen LogP contribution is 2.13. The van der Waals surface area contributed by atoms with Gasteiger partial charge in [0, 0.05) is 30.1 Å². The molecule has 1 N–H and O–H groups in total. The molecule has 1 aromatic carbocycles. The Morgan fingerprint density at radius 3 is 2.45 bits per heavy atom. The van der Waals surface area contributed by atoms with Crippen molar-refractivity contribution in [2.24, 2.45) is 0 Å². The maximum Gasteiger partial charge on any atom is 0.254 e. The third-order valence-corrected chi connectivity index (χ3v) is 3.45. The van der Waals surface area contributed by atoms with Gasteiger partial charge in [-0.15, -0.1) is 12.6 Å².